The Kier molecular flexibility index (Phi) is 7.25. The molecule has 0 spiro atoms. The molecule has 0 aliphatic carbocycles. The first kappa shape index (κ1) is 24.1. The number of amides is 3. The van der Waals surface area contributed by atoms with Crippen LogP contribution in [0.2, 0.25) is 0 Å². The second-order valence-corrected chi connectivity index (χ2v) is 8.27. The van der Waals surface area contributed by atoms with Crippen LogP contribution in [0.3, 0.4) is 0 Å². The van der Waals surface area contributed by atoms with Crippen LogP contribution in [0.1, 0.15) is 53.1 Å². The summed E-state index contributed by atoms with van der Waals surface area (Å²) in [7, 11) is 0. The lowest BCUT2D eigenvalue weighted by atomic mass is 10.1. The fourth-order valence-electron chi connectivity index (χ4n) is 3.74. The van der Waals surface area contributed by atoms with Gasteiger partial charge in [0, 0.05) is 31.4 Å². The van der Waals surface area contributed by atoms with Crippen molar-refractivity contribution in [2.75, 3.05) is 25.0 Å². The van der Waals surface area contributed by atoms with Crippen LogP contribution in [0.5, 0.6) is 0 Å². The van der Waals surface area contributed by atoms with Gasteiger partial charge in [-0.3, -0.25) is 4.79 Å². The highest BCUT2D eigenvalue weighted by atomic mass is 19.1. The molecule has 0 saturated carbocycles. The number of ether oxygens (including phenoxy) is 1. The largest absolute Gasteiger partial charge is 0.459 e. The van der Waals surface area contributed by atoms with Crippen molar-refractivity contribution in [3.05, 3.63) is 52.9 Å². The summed E-state index contributed by atoms with van der Waals surface area (Å²) in [6.07, 6.45) is -0.360. The Bertz CT molecular complexity index is 1070. The molecule has 1 atom stereocenters. The van der Waals surface area contributed by atoms with Crippen molar-refractivity contribution in [2.45, 2.75) is 46.8 Å². The van der Waals surface area contributed by atoms with Gasteiger partial charge < -0.3 is 19.9 Å². The number of aryl methyl sites for hydroxylation is 2. The molecular formula is C23H28FN5O4. The zero-order chi connectivity index (χ0) is 24.3. The zero-order valence-corrected chi connectivity index (χ0v) is 19.4. The van der Waals surface area contributed by atoms with E-state index in [1.54, 1.807) is 43.6 Å². The van der Waals surface area contributed by atoms with Gasteiger partial charge in [0.2, 0.25) is 0 Å². The van der Waals surface area contributed by atoms with E-state index in [-0.39, 0.29) is 49.1 Å². The van der Waals surface area contributed by atoms with E-state index in [2.05, 4.69) is 15.3 Å². The number of nitrogens with one attached hydrogen (secondary N) is 1. The van der Waals surface area contributed by atoms with Crippen molar-refractivity contribution in [1.82, 2.24) is 19.8 Å². The fraction of sp³-hybridized carbons (Fsp3) is 0.435. The van der Waals surface area contributed by atoms with Gasteiger partial charge in [0.05, 0.1) is 11.8 Å². The van der Waals surface area contributed by atoms with Gasteiger partial charge in [-0.1, -0.05) is 6.07 Å². The minimum Gasteiger partial charge on any atom is -0.459 e. The van der Waals surface area contributed by atoms with Gasteiger partial charge >= 0.3 is 12.0 Å². The van der Waals surface area contributed by atoms with E-state index in [1.807, 2.05) is 6.92 Å². The van der Waals surface area contributed by atoms with Crippen LogP contribution in [0, 0.1) is 19.7 Å². The Morgan fingerprint density at radius 3 is 2.55 bits per heavy atom. The van der Waals surface area contributed by atoms with Crippen LogP contribution >= 0.6 is 0 Å². The normalized spacial score (nSPS) is 16.0. The minimum absolute atomic E-state index is 0.00416. The van der Waals surface area contributed by atoms with Crippen LogP contribution < -0.4 is 5.32 Å². The number of benzene rings is 1. The summed E-state index contributed by atoms with van der Waals surface area (Å²) < 4.78 is 18.7. The molecule has 1 fully saturated rings. The summed E-state index contributed by atoms with van der Waals surface area (Å²) in [5, 5.41) is 2.68. The number of nitrogens with zero attached hydrogens (tertiary/aromatic N) is 4. The van der Waals surface area contributed by atoms with Crippen molar-refractivity contribution in [3.8, 4) is 0 Å². The quantitative estimate of drug-likeness (QED) is 0.707. The molecule has 176 valence electrons. The Hall–Kier alpha value is -3.56. The highest BCUT2D eigenvalue weighted by Crippen LogP contribution is 2.19. The van der Waals surface area contributed by atoms with Crippen molar-refractivity contribution in [1.29, 1.82) is 0 Å². The molecule has 1 aliphatic heterocycles. The number of rotatable bonds is 4. The molecule has 9 nitrogen and oxygen atoms in total. The molecule has 1 N–H and O–H groups in total. The van der Waals surface area contributed by atoms with Crippen LogP contribution in [-0.4, -0.2) is 69.5 Å². The second-order valence-electron chi connectivity index (χ2n) is 8.27. The number of anilines is 1. The van der Waals surface area contributed by atoms with Gasteiger partial charge in [-0.2, -0.15) is 0 Å². The Morgan fingerprint density at radius 1 is 1.18 bits per heavy atom. The first-order chi connectivity index (χ1) is 15.6. The first-order valence-corrected chi connectivity index (χ1v) is 10.8. The van der Waals surface area contributed by atoms with Gasteiger partial charge in [-0.05, 0) is 52.8 Å². The number of hydrogen-bond donors (Lipinski definition) is 1. The highest BCUT2D eigenvalue weighted by molar-refractivity contribution is 6.04. The molecule has 1 aliphatic rings. The van der Waals surface area contributed by atoms with Gasteiger partial charge in [-0.15, -0.1) is 0 Å². The van der Waals surface area contributed by atoms with E-state index in [1.165, 1.54) is 18.2 Å². The topological polar surface area (TPSA) is 105 Å². The van der Waals surface area contributed by atoms with E-state index in [0.717, 1.165) is 0 Å². The smallest absolute Gasteiger partial charge is 0.342 e. The third-order valence-electron chi connectivity index (χ3n) is 5.20. The fourth-order valence-corrected chi connectivity index (χ4v) is 3.74. The molecule has 2 aromatic rings. The van der Waals surface area contributed by atoms with E-state index in [0.29, 0.717) is 17.2 Å². The number of urea groups is 1. The third-order valence-corrected chi connectivity index (χ3v) is 5.20. The molecular weight excluding hydrogens is 429 g/mol. The number of piperazine rings is 1. The lowest BCUT2D eigenvalue weighted by Gasteiger charge is -2.39. The average Bonchev–Trinajstić information content (AvgIpc) is 2.71. The standard InChI is InChI=1S/C23H28FN5O4/c1-13(2)33-22(31)19-15(4)25-16(5)26-20(19)21(30)28-9-10-29(14(3)12-28)23(32)27-18-8-6-7-17(24)11-18/h6-8,11,13-14H,9-10,12H2,1-5H3,(H,27,32). The molecule has 1 aromatic carbocycles. The summed E-state index contributed by atoms with van der Waals surface area (Å²) in [5.74, 6) is -1.14. The lowest BCUT2D eigenvalue weighted by Crippen LogP contribution is -2.56. The van der Waals surface area contributed by atoms with Crippen molar-refractivity contribution >= 4 is 23.6 Å². The van der Waals surface area contributed by atoms with Crippen LogP contribution in [0.15, 0.2) is 24.3 Å². The summed E-state index contributed by atoms with van der Waals surface area (Å²) in [6.45, 7) is 9.31. The Labute approximate surface area is 191 Å². The molecule has 33 heavy (non-hydrogen) atoms. The Balaban J connectivity index is 1.75. The summed E-state index contributed by atoms with van der Waals surface area (Å²) >= 11 is 0. The lowest BCUT2D eigenvalue weighted by molar-refractivity contribution is 0.0367. The van der Waals surface area contributed by atoms with Crippen LogP contribution in [0.4, 0.5) is 14.9 Å². The van der Waals surface area contributed by atoms with Crippen molar-refractivity contribution in [3.63, 3.8) is 0 Å². The maximum atomic E-state index is 13.4. The Morgan fingerprint density at radius 2 is 1.91 bits per heavy atom. The summed E-state index contributed by atoms with van der Waals surface area (Å²) in [6, 6.07) is 4.95. The number of halogens is 1. The molecule has 1 unspecified atom stereocenters. The maximum absolute atomic E-state index is 13.4. The van der Waals surface area contributed by atoms with Gasteiger partial charge in [0.15, 0.2) is 0 Å². The molecule has 2 heterocycles. The number of carbonyl (C=O) groups excluding carboxylic acids is 3. The maximum Gasteiger partial charge on any atom is 0.342 e. The molecule has 1 saturated heterocycles. The molecule has 10 heteroatoms. The van der Waals surface area contributed by atoms with Gasteiger partial charge in [0.25, 0.3) is 5.91 Å². The number of hydrogen-bond acceptors (Lipinski definition) is 6. The molecule has 3 rings (SSSR count). The van der Waals surface area contributed by atoms with Crippen LogP contribution in [-0.2, 0) is 4.74 Å². The van der Waals surface area contributed by atoms with Gasteiger partial charge in [-0.25, -0.2) is 23.9 Å². The van der Waals surface area contributed by atoms with Crippen molar-refractivity contribution < 1.29 is 23.5 Å². The predicted octanol–water partition coefficient (Wildman–Crippen LogP) is 3.18. The summed E-state index contributed by atoms with van der Waals surface area (Å²) in [4.78, 5) is 50.3. The highest BCUT2D eigenvalue weighted by Gasteiger charge is 2.34. The second kappa shape index (κ2) is 9.93. The third kappa shape index (κ3) is 5.63. The first-order valence-electron chi connectivity index (χ1n) is 10.8. The van der Waals surface area contributed by atoms with Gasteiger partial charge in [0.1, 0.15) is 22.9 Å². The SMILES string of the molecule is Cc1nc(C)c(C(=O)OC(C)C)c(C(=O)N2CCN(C(=O)Nc3cccc(F)c3)C(C)C2)n1. The number of esters is 1. The minimum atomic E-state index is -0.646. The van der Waals surface area contributed by atoms with E-state index < -0.39 is 17.7 Å². The molecule has 1 aromatic heterocycles. The monoisotopic (exact) mass is 457 g/mol. The summed E-state index contributed by atoms with van der Waals surface area (Å²) in [5.41, 5.74) is 0.775. The van der Waals surface area contributed by atoms with Crippen molar-refractivity contribution in [2.24, 2.45) is 0 Å². The average molecular weight is 458 g/mol. The molecule has 0 bridgehead atoms. The zero-order valence-electron chi connectivity index (χ0n) is 19.4. The number of aromatic nitrogens is 2. The predicted molar refractivity (Wildman–Crippen MR) is 120 cm³/mol. The van der Waals surface area contributed by atoms with Crippen LogP contribution in [0.25, 0.3) is 0 Å². The van der Waals surface area contributed by atoms with E-state index in [9.17, 15) is 18.8 Å². The molecule has 0 radical (unpaired) electrons. The number of carbonyl (C=O) groups is 3. The molecule has 3 amide bonds. The van der Waals surface area contributed by atoms with E-state index >= 15 is 0 Å². The van der Waals surface area contributed by atoms with E-state index in [4.69, 9.17) is 4.74 Å².